The van der Waals surface area contributed by atoms with Gasteiger partial charge in [-0.05, 0) is 56.0 Å². The summed E-state index contributed by atoms with van der Waals surface area (Å²) in [5.74, 6) is 1.32. The van der Waals surface area contributed by atoms with Gasteiger partial charge >= 0.3 is 0 Å². The Morgan fingerprint density at radius 1 is 1.07 bits per heavy atom. The highest BCUT2D eigenvalue weighted by Gasteiger charge is 2.26. The zero-order valence-electron chi connectivity index (χ0n) is 15.8. The molecular weight excluding hydrogens is 364 g/mol. The molecule has 0 fully saturated rings. The number of aromatic amines is 1. The lowest BCUT2D eigenvalue weighted by Gasteiger charge is -2.21. The van der Waals surface area contributed by atoms with Gasteiger partial charge in [-0.1, -0.05) is 30.3 Å². The second kappa shape index (κ2) is 7.24. The fraction of sp³-hybridized carbons (Fsp3) is 0.217. The monoisotopic (exact) mass is 386 g/mol. The lowest BCUT2D eigenvalue weighted by molar-refractivity contribution is 0.610. The Morgan fingerprint density at radius 3 is 2.64 bits per heavy atom. The number of imidazole rings is 1. The average molecular weight is 387 g/mol. The second-order valence-corrected chi connectivity index (χ2v) is 8.38. The molecule has 5 rings (SSSR count). The van der Waals surface area contributed by atoms with Gasteiger partial charge in [-0.3, -0.25) is 0 Å². The van der Waals surface area contributed by atoms with Gasteiger partial charge in [-0.15, -0.1) is 11.3 Å². The molecule has 0 saturated heterocycles. The first-order valence-electron chi connectivity index (χ1n) is 9.70. The number of benzene rings is 2. The quantitative estimate of drug-likeness (QED) is 0.449. The molecule has 1 unspecified atom stereocenters. The number of aromatic nitrogens is 3. The Bertz CT molecular complexity index is 1080. The highest BCUT2D eigenvalue weighted by atomic mass is 32.1. The standard InChI is InChI=1S/C23H22N4S/c1-15-14-24-22(25-15)17-10-12-18(13-11-17)26-23-27-21-19(8-5-9-20(21)28-23)16-6-3-2-4-7-16/h2-4,6-7,10-14,19H,5,8-9H2,1H3,(H,24,25)(H,26,27). The summed E-state index contributed by atoms with van der Waals surface area (Å²) in [7, 11) is 0. The summed E-state index contributed by atoms with van der Waals surface area (Å²) in [5, 5.41) is 4.47. The van der Waals surface area contributed by atoms with Crippen molar-refractivity contribution in [3.05, 3.63) is 82.6 Å². The maximum Gasteiger partial charge on any atom is 0.187 e. The average Bonchev–Trinajstić information content (AvgIpc) is 3.34. The maximum atomic E-state index is 4.98. The van der Waals surface area contributed by atoms with Crippen molar-refractivity contribution >= 4 is 22.2 Å². The predicted molar refractivity (Wildman–Crippen MR) is 115 cm³/mol. The minimum atomic E-state index is 0.418. The van der Waals surface area contributed by atoms with Gasteiger partial charge in [-0.25, -0.2) is 9.97 Å². The third-order valence-electron chi connectivity index (χ3n) is 5.27. The van der Waals surface area contributed by atoms with Gasteiger partial charge in [0.05, 0.1) is 5.69 Å². The molecule has 0 amide bonds. The number of nitrogens with one attached hydrogen (secondary N) is 2. The van der Waals surface area contributed by atoms with E-state index in [1.165, 1.54) is 29.0 Å². The van der Waals surface area contributed by atoms with Crippen LogP contribution in [0.2, 0.25) is 0 Å². The van der Waals surface area contributed by atoms with Crippen molar-refractivity contribution in [3.8, 4) is 11.4 Å². The van der Waals surface area contributed by atoms with Crippen LogP contribution in [0.15, 0.2) is 60.8 Å². The Balaban J connectivity index is 1.37. The van der Waals surface area contributed by atoms with E-state index in [1.807, 2.05) is 13.1 Å². The molecule has 0 bridgehead atoms. The molecule has 2 N–H and O–H groups in total. The predicted octanol–water partition coefficient (Wildman–Crippen LogP) is 6.05. The van der Waals surface area contributed by atoms with E-state index in [0.29, 0.717) is 5.92 Å². The van der Waals surface area contributed by atoms with E-state index in [1.54, 1.807) is 11.3 Å². The van der Waals surface area contributed by atoms with Gasteiger partial charge in [0.25, 0.3) is 0 Å². The highest BCUT2D eigenvalue weighted by molar-refractivity contribution is 7.15. The van der Waals surface area contributed by atoms with E-state index >= 15 is 0 Å². The van der Waals surface area contributed by atoms with Crippen molar-refractivity contribution in [3.63, 3.8) is 0 Å². The van der Waals surface area contributed by atoms with Crippen LogP contribution in [0.4, 0.5) is 10.8 Å². The Morgan fingerprint density at radius 2 is 1.89 bits per heavy atom. The fourth-order valence-electron chi connectivity index (χ4n) is 3.88. The van der Waals surface area contributed by atoms with Crippen LogP contribution in [0.1, 0.15) is 40.6 Å². The minimum absolute atomic E-state index is 0.418. The van der Waals surface area contributed by atoms with Crippen LogP contribution in [-0.2, 0) is 6.42 Å². The first-order valence-corrected chi connectivity index (χ1v) is 10.5. The topological polar surface area (TPSA) is 53.6 Å². The fourth-order valence-corrected chi connectivity index (χ4v) is 4.96. The normalized spacial score (nSPS) is 16.0. The van der Waals surface area contributed by atoms with Crippen LogP contribution in [0, 0.1) is 6.92 Å². The molecule has 0 aliphatic heterocycles. The van der Waals surface area contributed by atoms with Gasteiger partial charge in [0.15, 0.2) is 5.13 Å². The number of anilines is 2. The number of nitrogens with zero attached hydrogens (tertiary/aromatic N) is 2. The summed E-state index contributed by atoms with van der Waals surface area (Å²) < 4.78 is 0. The van der Waals surface area contributed by atoms with E-state index in [2.05, 4.69) is 69.9 Å². The van der Waals surface area contributed by atoms with Crippen molar-refractivity contribution in [2.45, 2.75) is 32.1 Å². The van der Waals surface area contributed by atoms with Crippen LogP contribution in [0.5, 0.6) is 0 Å². The van der Waals surface area contributed by atoms with E-state index < -0.39 is 0 Å². The number of hydrogen-bond donors (Lipinski definition) is 2. The number of H-pyrrole nitrogens is 1. The van der Waals surface area contributed by atoms with Crippen LogP contribution in [0.25, 0.3) is 11.4 Å². The van der Waals surface area contributed by atoms with E-state index in [9.17, 15) is 0 Å². The number of aryl methyl sites for hydroxylation is 2. The van der Waals surface area contributed by atoms with E-state index in [-0.39, 0.29) is 0 Å². The van der Waals surface area contributed by atoms with Crippen molar-refractivity contribution < 1.29 is 0 Å². The number of hydrogen-bond acceptors (Lipinski definition) is 4. The molecular formula is C23H22N4S. The number of fused-ring (bicyclic) bond motifs is 1. The highest BCUT2D eigenvalue weighted by Crippen LogP contribution is 2.40. The molecule has 140 valence electrons. The summed E-state index contributed by atoms with van der Waals surface area (Å²) in [6, 6.07) is 19.1. The van der Waals surface area contributed by atoms with Crippen molar-refractivity contribution in [1.29, 1.82) is 0 Å². The van der Waals surface area contributed by atoms with Gasteiger partial charge in [-0.2, -0.15) is 0 Å². The van der Waals surface area contributed by atoms with E-state index in [0.717, 1.165) is 34.3 Å². The Labute approximate surface area is 168 Å². The minimum Gasteiger partial charge on any atom is -0.342 e. The molecule has 4 aromatic rings. The molecule has 2 aromatic heterocycles. The molecule has 0 spiro atoms. The molecule has 0 saturated carbocycles. The van der Waals surface area contributed by atoms with E-state index in [4.69, 9.17) is 4.98 Å². The molecule has 1 aliphatic rings. The van der Waals surface area contributed by atoms with Gasteiger partial charge in [0, 0.05) is 33.9 Å². The number of thiazole rings is 1. The third-order valence-corrected chi connectivity index (χ3v) is 6.32. The lowest BCUT2D eigenvalue weighted by Crippen LogP contribution is -2.09. The summed E-state index contributed by atoms with van der Waals surface area (Å²) in [5.41, 5.74) is 5.83. The molecule has 28 heavy (non-hydrogen) atoms. The molecule has 0 radical (unpaired) electrons. The summed E-state index contributed by atoms with van der Waals surface area (Å²) >= 11 is 1.79. The molecule has 1 aliphatic carbocycles. The molecule has 4 nitrogen and oxygen atoms in total. The molecule has 2 aromatic carbocycles. The summed E-state index contributed by atoms with van der Waals surface area (Å²) in [6.07, 6.45) is 5.39. The third kappa shape index (κ3) is 3.34. The van der Waals surface area contributed by atoms with Crippen molar-refractivity contribution in [2.75, 3.05) is 5.32 Å². The molecule has 2 heterocycles. The van der Waals surface area contributed by atoms with Crippen molar-refractivity contribution in [2.24, 2.45) is 0 Å². The van der Waals surface area contributed by atoms with Crippen LogP contribution in [-0.4, -0.2) is 15.0 Å². The summed E-state index contributed by atoms with van der Waals surface area (Å²) in [6.45, 7) is 2.01. The van der Waals surface area contributed by atoms with Crippen molar-refractivity contribution in [1.82, 2.24) is 15.0 Å². The summed E-state index contributed by atoms with van der Waals surface area (Å²) in [4.78, 5) is 14.1. The van der Waals surface area contributed by atoms with Crippen LogP contribution < -0.4 is 5.32 Å². The number of rotatable bonds is 4. The Hall–Kier alpha value is -2.92. The lowest BCUT2D eigenvalue weighted by atomic mass is 9.85. The first kappa shape index (κ1) is 17.2. The molecule has 5 heteroatoms. The Kier molecular flexibility index (Phi) is 4.45. The first-order chi connectivity index (χ1) is 13.8. The zero-order valence-corrected chi connectivity index (χ0v) is 16.6. The molecule has 1 atom stereocenters. The van der Waals surface area contributed by atoms with Gasteiger partial charge in [0.2, 0.25) is 0 Å². The van der Waals surface area contributed by atoms with Gasteiger partial charge < -0.3 is 10.3 Å². The maximum absolute atomic E-state index is 4.98. The zero-order chi connectivity index (χ0) is 18.9. The second-order valence-electron chi connectivity index (χ2n) is 7.30. The smallest absolute Gasteiger partial charge is 0.187 e. The van der Waals surface area contributed by atoms with Gasteiger partial charge in [0.1, 0.15) is 5.82 Å². The van der Waals surface area contributed by atoms with Crippen LogP contribution >= 0.6 is 11.3 Å². The van der Waals surface area contributed by atoms with Crippen LogP contribution in [0.3, 0.4) is 0 Å². The SMILES string of the molecule is Cc1cnc(-c2ccc(Nc3nc4c(s3)CCCC4c3ccccc3)cc2)[nH]1. The largest absolute Gasteiger partial charge is 0.342 e.